The molecule has 0 bridgehead atoms. The zero-order chi connectivity index (χ0) is 18.8. The van der Waals surface area contributed by atoms with Gasteiger partial charge in [-0.1, -0.05) is 56.2 Å². The molecule has 0 atom stereocenters. The van der Waals surface area contributed by atoms with Crippen LogP contribution in [-0.4, -0.2) is 6.11 Å². The van der Waals surface area contributed by atoms with E-state index in [0.717, 1.165) is 37.7 Å². The SMILES string of the molecule is C/C=C/[C@H]1CC[C@H](CC(F)(F)OCc2ccc(CCCCC)cc2)CC1. The zero-order valence-corrected chi connectivity index (χ0v) is 16.4. The second-order valence-corrected chi connectivity index (χ2v) is 7.71. The second-order valence-electron chi connectivity index (χ2n) is 7.71. The largest absolute Gasteiger partial charge is 0.356 e. The van der Waals surface area contributed by atoms with Crippen molar-refractivity contribution in [1.82, 2.24) is 0 Å². The normalized spacial score (nSPS) is 21.4. The predicted octanol–water partition coefficient (Wildman–Crippen LogP) is 7.30. The first-order valence-electron chi connectivity index (χ1n) is 10.2. The Morgan fingerprint density at radius 2 is 1.69 bits per heavy atom. The molecule has 0 aliphatic heterocycles. The Balaban J connectivity index is 1.73. The molecule has 146 valence electrons. The van der Waals surface area contributed by atoms with E-state index in [2.05, 4.69) is 19.1 Å². The van der Waals surface area contributed by atoms with Crippen LogP contribution in [-0.2, 0) is 17.8 Å². The van der Waals surface area contributed by atoms with Crippen LogP contribution in [0, 0.1) is 11.8 Å². The summed E-state index contributed by atoms with van der Waals surface area (Å²) in [5.74, 6) is 0.647. The summed E-state index contributed by atoms with van der Waals surface area (Å²) in [5.41, 5.74) is 2.09. The maximum atomic E-state index is 14.2. The number of unbranched alkanes of at least 4 members (excludes halogenated alkanes) is 2. The van der Waals surface area contributed by atoms with Crippen LogP contribution in [0.5, 0.6) is 0 Å². The zero-order valence-electron chi connectivity index (χ0n) is 16.4. The molecule has 0 heterocycles. The Labute approximate surface area is 157 Å². The van der Waals surface area contributed by atoms with E-state index in [1.165, 1.54) is 24.8 Å². The van der Waals surface area contributed by atoms with E-state index >= 15 is 0 Å². The molecule has 2 rings (SSSR count). The number of allylic oxidation sites excluding steroid dienone is 2. The predicted molar refractivity (Wildman–Crippen MR) is 104 cm³/mol. The van der Waals surface area contributed by atoms with Gasteiger partial charge < -0.3 is 4.74 Å². The molecule has 3 heteroatoms. The third-order valence-corrected chi connectivity index (χ3v) is 5.42. The fourth-order valence-corrected chi connectivity index (χ4v) is 3.82. The number of hydrogen-bond acceptors (Lipinski definition) is 1. The van der Waals surface area contributed by atoms with Crippen LogP contribution in [0.3, 0.4) is 0 Å². The van der Waals surface area contributed by atoms with E-state index in [9.17, 15) is 8.78 Å². The minimum atomic E-state index is -3.03. The van der Waals surface area contributed by atoms with Crippen LogP contribution in [0.2, 0.25) is 0 Å². The Hall–Kier alpha value is -1.22. The van der Waals surface area contributed by atoms with Crippen molar-refractivity contribution < 1.29 is 13.5 Å². The number of halogens is 2. The van der Waals surface area contributed by atoms with Gasteiger partial charge in [0.25, 0.3) is 0 Å². The van der Waals surface area contributed by atoms with Gasteiger partial charge in [0.15, 0.2) is 0 Å². The quantitative estimate of drug-likeness (QED) is 0.312. The number of benzene rings is 1. The number of hydrogen-bond donors (Lipinski definition) is 0. The Kier molecular flexibility index (Phi) is 8.77. The summed E-state index contributed by atoms with van der Waals surface area (Å²) >= 11 is 0. The molecule has 1 aliphatic rings. The molecule has 0 saturated heterocycles. The molecular weight excluding hydrogens is 330 g/mol. The van der Waals surface area contributed by atoms with Gasteiger partial charge >= 0.3 is 6.11 Å². The smallest absolute Gasteiger partial charge is 0.316 e. The van der Waals surface area contributed by atoms with E-state index < -0.39 is 6.11 Å². The van der Waals surface area contributed by atoms with Gasteiger partial charge in [0.1, 0.15) is 0 Å². The highest BCUT2D eigenvalue weighted by atomic mass is 19.3. The summed E-state index contributed by atoms with van der Waals surface area (Å²) in [6, 6.07) is 7.91. The first kappa shape index (κ1) is 21.1. The highest BCUT2D eigenvalue weighted by Gasteiger charge is 2.35. The van der Waals surface area contributed by atoms with Gasteiger partial charge in [-0.15, -0.1) is 0 Å². The van der Waals surface area contributed by atoms with Gasteiger partial charge in [-0.25, -0.2) is 0 Å². The molecule has 1 fully saturated rings. The molecule has 1 aliphatic carbocycles. The summed E-state index contributed by atoms with van der Waals surface area (Å²) < 4.78 is 33.4. The van der Waals surface area contributed by atoms with Gasteiger partial charge in [-0.3, -0.25) is 0 Å². The Morgan fingerprint density at radius 3 is 2.31 bits per heavy atom. The number of rotatable bonds is 10. The van der Waals surface area contributed by atoms with E-state index in [4.69, 9.17) is 4.74 Å². The van der Waals surface area contributed by atoms with Crippen LogP contribution < -0.4 is 0 Å². The Morgan fingerprint density at radius 1 is 1.04 bits per heavy atom. The number of alkyl halides is 2. The summed E-state index contributed by atoms with van der Waals surface area (Å²) in [4.78, 5) is 0. The topological polar surface area (TPSA) is 9.23 Å². The lowest BCUT2D eigenvalue weighted by molar-refractivity contribution is -0.256. The average Bonchev–Trinajstić information content (AvgIpc) is 2.63. The van der Waals surface area contributed by atoms with E-state index in [1.54, 1.807) is 0 Å². The molecule has 0 unspecified atom stereocenters. The molecule has 1 nitrogen and oxygen atoms in total. The minimum Gasteiger partial charge on any atom is -0.316 e. The molecular formula is C23H34F2O. The molecule has 0 amide bonds. The van der Waals surface area contributed by atoms with E-state index in [1.807, 2.05) is 31.2 Å². The number of ether oxygens (including phenoxy) is 1. The summed E-state index contributed by atoms with van der Waals surface area (Å²) in [7, 11) is 0. The highest BCUT2D eigenvalue weighted by Crippen LogP contribution is 2.37. The monoisotopic (exact) mass is 364 g/mol. The second kappa shape index (κ2) is 10.8. The summed E-state index contributed by atoms with van der Waals surface area (Å²) in [6.07, 6.45) is 9.56. The van der Waals surface area contributed by atoms with Crippen molar-refractivity contribution in [3.8, 4) is 0 Å². The van der Waals surface area contributed by atoms with Gasteiger partial charge in [-0.2, -0.15) is 8.78 Å². The highest BCUT2D eigenvalue weighted by molar-refractivity contribution is 5.22. The summed E-state index contributed by atoms with van der Waals surface area (Å²) in [6.45, 7) is 4.19. The van der Waals surface area contributed by atoms with Crippen LogP contribution >= 0.6 is 0 Å². The first-order valence-corrected chi connectivity index (χ1v) is 10.2. The molecule has 26 heavy (non-hydrogen) atoms. The maximum Gasteiger partial charge on any atom is 0.356 e. The van der Waals surface area contributed by atoms with Crippen molar-refractivity contribution in [2.75, 3.05) is 0 Å². The lowest BCUT2D eigenvalue weighted by Crippen LogP contribution is -2.26. The van der Waals surface area contributed by atoms with Crippen molar-refractivity contribution in [2.45, 2.75) is 84.4 Å². The molecule has 0 radical (unpaired) electrons. The maximum absolute atomic E-state index is 14.2. The van der Waals surface area contributed by atoms with Crippen molar-refractivity contribution in [3.63, 3.8) is 0 Å². The average molecular weight is 365 g/mol. The van der Waals surface area contributed by atoms with Crippen molar-refractivity contribution in [1.29, 1.82) is 0 Å². The molecule has 0 N–H and O–H groups in total. The van der Waals surface area contributed by atoms with Crippen LogP contribution in [0.15, 0.2) is 36.4 Å². The fourth-order valence-electron chi connectivity index (χ4n) is 3.82. The summed E-state index contributed by atoms with van der Waals surface area (Å²) in [5, 5.41) is 0. The van der Waals surface area contributed by atoms with Crippen molar-refractivity contribution >= 4 is 0 Å². The first-order chi connectivity index (χ1) is 12.5. The minimum absolute atomic E-state index is 0.0177. The molecule has 0 aromatic heterocycles. The third-order valence-electron chi connectivity index (χ3n) is 5.42. The van der Waals surface area contributed by atoms with E-state index in [0.29, 0.717) is 5.92 Å². The number of aryl methyl sites for hydroxylation is 1. The van der Waals surface area contributed by atoms with Crippen LogP contribution in [0.4, 0.5) is 8.78 Å². The van der Waals surface area contributed by atoms with Gasteiger partial charge in [0.05, 0.1) is 6.61 Å². The molecule has 1 aromatic rings. The molecule has 1 saturated carbocycles. The van der Waals surface area contributed by atoms with Crippen molar-refractivity contribution in [3.05, 3.63) is 47.5 Å². The van der Waals surface area contributed by atoms with Crippen molar-refractivity contribution in [2.24, 2.45) is 11.8 Å². The van der Waals surface area contributed by atoms with Crippen LogP contribution in [0.25, 0.3) is 0 Å². The molecule has 1 aromatic carbocycles. The lowest BCUT2D eigenvalue weighted by atomic mass is 9.80. The Bertz CT molecular complexity index is 528. The lowest BCUT2D eigenvalue weighted by Gasteiger charge is -2.29. The fraction of sp³-hybridized carbons (Fsp3) is 0.652. The molecule has 0 spiro atoms. The van der Waals surface area contributed by atoms with Gasteiger partial charge in [-0.05, 0) is 68.4 Å². The third kappa shape index (κ3) is 7.57. The standard InChI is InChI=1S/C23H34F2O/c1-3-5-6-8-20-11-15-22(16-12-20)18-26-23(24,25)17-21-13-9-19(7-4-2)10-14-21/h4,7,11-12,15-16,19,21H,3,5-6,8-10,13-14,17-18H2,1-2H3/b7-4+/t19-,21-. The van der Waals surface area contributed by atoms with Gasteiger partial charge in [0.2, 0.25) is 0 Å². The van der Waals surface area contributed by atoms with Gasteiger partial charge in [0, 0.05) is 6.42 Å². The van der Waals surface area contributed by atoms with E-state index in [-0.39, 0.29) is 18.9 Å². The van der Waals surface area contributed by atoms with Crippen LogP contribution in [0.1, 0.15) is 76.3 Å².